The Kier molecular flexibility index (Phi) is 6.28. The van der Waals surface area contributed by atoms with Gasteiger partial charge in [0.2, 0.25) is 0 Å². The van der Waals surface area contributed by atoms with Crippen molar-refractivity contribution in [2.45, 2.75) is 38.6 Å². The van der Waals surface area contributed by atoms with Crippen LogP contribution in [0.25, 0.3) is 0 Å². The van der Waals surface area contributed by atoms with Crippen LogP contribution in [0.15, 0.2) is 24.3 Å². The molecule has 1 unspecified atom stereocenters. The van der Waals surface area contributed by atoms with Gasteiger partial charge in [-0.25, -0.2) is 13.2 Å². The molecule has 0 bridgehead atoms. The quantitative estimate of drug-likeness (QED) is 0.742. The highest BCUT2D eigenvalue weighted by Crippen LogP contribution is 2.24. The summed E-state index contributed by atoms with van der Waals surface area (Å²) in [5, 5.41) is 2.55. The number of benzene rings is 1. The van der Waals surface area contributed by atoms with Gasteiger partial charge >= 0.3 is 5.97 Å². The Morgan fingerprint density at radius 1 is 1.15 bits per heavy atom. The summed E-state index contributed by atoms with van der Waals surface area (Å²) in [5.41, 5.74) is 1.18. The van der Waals surface area contributed by atoms with E-state index in [1.807, 2.05) is 12.1 Å². The fourth-order valence-electron chi connectivity index (χ4n) is 2.56. The average molecular weight is 383 g/mol. The molecule has 1 N–H and O–H groups in total. The monoisotopic (exact) mass is 383 g/mol. The highest BCUT2D eigenvalue weighted by atomic mass is 32.2. The molecule has 0 aromatic heterocycles. The maximum Gasteiger partial charge on any atom is 0.344 e. The molecule has 2 rings (SSSR count). The molecule has 1 atom stereocenters. The zero-order valence-electron chi connectivity index (χ0n) is 15.3. The van der Waals surface area contributed by atoms with E-state index in [2.05, 4.69) is 26.1 Å². The van der Waals surface area contributed by atoms with E-state index in [1.54, 1.807) is 12.1 Å². The third-order valence-electron chi connectivity index (χ3n) is 4.04. The van der Waals surface area contributed by atoms with Gasteiger partial charge in [0.1, 0.15) is 5.75 Å². The van der Waals surface area contributed by atoms with Crippen molar-refractivity contribution in [3.05, 3.63) is 29.8 Å². The standard InChI is InChI=1S/C18H25NO6S/c1-18(2,3)13-4-6-15(7-5-13)24-11-17(21)25-10-16(20)19-14-8-9-26(22,23)12-14/h4-7,14H,8-12H2,1-3H3,(H,19,20). The van der Waals surface area contributed by atoms with E-state index >= 15 is 0 Å². The summed E-state index contributed by atoms with van der Waals surface area (Å²) in [6.45, 7) is 5.55. The normalized spacial score (nSPS) is 19.0. The first kappa shape index (κ1) is 20.2. The summed E-state index contributed by atoms with van der Waals surface area (Å²) in [7, 11) is -3.07. The number of nitrogens with one attached hydrogen (secondary N) is 1. The topological polar surface area (TPSA) is 98.8 Å². The number of rotatable bonds is 6. The first-order chi connectivity index (χ1) is 12.0. The minimum atomic E-state index is -3.07. The second kappa shape index (κ2) is 8.07. The summed E-state index contributed by atoms with van der Waals surface area (Å²) in [5.74, 6) is -0.649. The van der Waals surface area contributed by atoms with Crippen LogP contribution in [0.3, 0.4) is 0 Å². The number of ether oxygens (including phenoxy) is 2. The molecular formula is C18H25NO6S. The SMILES string of the molecule is CC(C)(C)c1ccc(OCC(=O)OCC(=O)NC2CCS(=O)(=O)C2)cc1. The van der Waals surface area contributed by atoms with Gasteiger partial charge in [-0.05, 0) is 29.5 Å². The molecule has 1 aliphatic heterocycles. The Labute approximate surface area is 154 Å². The molecule has 1 fully saturated rings. The fourth-order valence-corrected chi connectivity index (χ4v) is 4.23. The van der Waals surface area contributed by atoms with Crippen molar-refractivity contribution in [1.29, 1.82) is 0 Å². The van der Waals surface area contributed by atoms with Gasteiger partial charge in [-0.1, -0.05) is 32.9 Å². The number of sulfone groups is 1. The Balaban J connectivity index is 1.69. The lowest BCUT2D eigenvalue weighted by Crippen LogP contribution is -2.38. The van der Waals surface area contributed by atoms with Gasteiger partial charge in [-0.3, -0.25) is 4.79 Å². The smallest absolute Gasteiger partial charge is 0.344 e. The van der Waals surface area contributed by atoms with Crippen molar-refractivity contribution in [3.63, 3.8) is 0 Å². The van der Waals surface area contributed by atoms with Crippen LogP contribution in [-0.4, -0.2) is 51.1 Å². The minimum absolute atomic E-state index is 0.0312. The van der Waals surface area contributed by atoms with E-state index in [1.165, 1.54) is 0 Å². The average Bonchev–Trinajstić information content (AvgIpc) is 2.89. The van der Waals surface area contributed by atoms with Gasteiger partial charge in [0.25, 0.3) is 5.91 Å². The molecule has 1 aromatic rings. The van der Waals surface area contributed by atoms with E-state index in [9.17, 15) is 18.0 Å². The summed E-state index contributed by atoms with van der Waals surface area (Å²) in [6, 6.07) is 7.01. The molecule has 0 aliphatic carbocycles. The second-order valence-electron chi connectivity index (χ2n) is 7.39. The van der Waals surface area contributed by atoms with Crippen LogP contribution < -0.4 is 10.1 Å². The molecule has 1 heterocycles. The predicted molar refractivity (Wildman–Crippen MR) is 96.8 cm³/mol. The van der Waals surface area contributed by atoms with Gasteiger partial charge in [-0.15, -0.1) is 0 Å². The van der Waals surface area contributed by atoms with Gasteiger partial charge < -0.3 is 14.8 Å². The summed E-state index contributed by atoms with van der Waals surface area (Å²) >= 11 is 0. The molecule has 0 spiro atoms. The Hall–Kier alpha value is -2.09. The van der Waals surface area contributed by atoms with E-state index in [0.29, 0.717) is 12.2 Å². The summed E-state index contributed by atoms with van der Waals surface area (Å²) < 4.78 is 32.8. The third kappa shape index (κ3) is 6.33. The van der Waals surface area contributed by atoms with Crippen LogP contribution in [-0.2, 0) is 29.6 Å². The van der Waals surface area contributed by atoms with E-state index in [4.69, 9.17) is 9.47 Å². The fraction of sp³-hybridized carbons (Fsp3) is 0.556. The summed E-state index contributed by atoms with van der Waals surface area (Å²) in [4.78, 5) is 23.4. The van der Waals surface area contributed by atoms with E-state index < -0.39 is 34.4 Å². The van der Waals surface area contributed by atoms with Crippen molar-refractivity contribution in [2.24, 2.45) is 0 Å². The van der Waals surface area contributed by atoms with Crippen molar-refractivity contribution in [1.82, 2.24) is 5.32 Å². The molecule has 1 aliphatic rings. The van der Waals surface area contributed by atoms with Crippen molar-refractivity contribution in [2.75, 3.05) is 24.7 Å². The Morgan fingerprint density at radius 2 is 1.81 bits per heavy atom. The maximum atomic E-state index is 11.7. The Bertz CT molecular complexity index is 749. The molecule has 1 aromatic carbocycles. The number of hydrogen-bond acceptors (Lipinski definition) is 6. The lowest BCUT2D eigenvalue weighted by Gasteiger charge is -2.19. The number of carbonyl (C=O) groups excluding carboxylic acids is 2. The highest BCUT2D eigenvalue weighted by molar-refractivity contribution is 7.91. The predicted octanol–water partition coefficient (Wildman–Crippen LogP) is 1.21. The Morgan fingerprint density at radius 3 is 2.35 bits per heavy atom. The zero-order valence-corrected chi connectivity index (χ0v) is 16.1. The molecule has 1 saturated heterocycles. The maximum absolute atomic E-state index is 11.7. The molecule has 1 amide bonds. The van der Waals surface area contributed by atoms with Crippen LogP contribution in [0, 0.1) is 0 Å². The van der Waals surface area contributed by atoms with E-state index in [0.717, 1.165) is 5.56 Å². The minimum Gasteiger partial charge on any atom is -0.482 e. The van der Waals surface area contributed by atoms with Gasteiger partial charge in [-0.2, -0.15) is 0 Å². The van der Waals surface area contributed by atoms with Gasteiger partial charge in [0.05, 0.1) is 11.5 Å². The lowest BCUT2D eigenvalue weighted by atomic mass is 9.87. The number of hydrogen-bond donors (Lipinski definition) is 1. The zero-order chi connectivity index (χ0) is 19.4. The number of amides is 1. The number of carbonyl (C=O) groups is 2. The second-order valence-corrected chi connectivity index (χ2v) is 9.62. The van der Waals surface area contributed by atoms with Crippen LogP contribution in [0.2, 0.25) is 0 Å². The van der Waals surface area contributed by atoms with Crippen LogP contribution in [0.4, 0.5) is 0 Å². The molecule has 7 nitrogen and oxygen atoms in total. The molecule has 0 saturated carbocycles. The van der Waals surface area contributed by atoms with Crippen LogP contribution in [0.1, 0.15) is 32.8 Å². The van der Waals surface area contributed by atoms with Crippen LogP contribution in [0.5, 0.6) is 5.75 Å². The molecular weight excluding hydrogens is 358 g/mol. The van der Waals surface area contributed by atoms with Crippen LogP contribution >= 0.6 is 0 Å². The van der Waals surface area contributed by atoms with Crippen molar-refractivity contribution in [3.8, 4) is 5.75 Å². The molecule has 0 radical (unpaired) electrons. The third-order valence-corrected chi connectivity index (χ3v) is 5.81. The molecule has 26 heavy (non-hydrogen) atoms. The van der Waals surface area contributed by atoms with Crippen molar-refractivity contribution >= 4 is 21.7 Å². The highest BCUT2D eigenvalue weighted by Gasteiger charge is 2.29. The first-order valence-electron chi connectivity index (χ1n) is 8.44. The van der Waals surface area contributed by atoms with Gasteiger partial charge in [0, 0.05) is 6.04 Å². The van der Waals surface area contributed by atoms with Gasteiger partial charge in [0.15, 0.2) is 23.1 Å². The van der Waals surface area contributed by atoms with Crippen molar-refractivity contribution < 1.29 is 27.5 Å². The number of esters is 1. The largest absolute Gasteiger partial charge is 0.482 e. The van der Waals surface area contributed by atoms with E-state index in [-0.39, 0.29) is 23.5 Å². The molecule has 144 valence electrons. The molecule has 8 heteroatoms. The first-order valence-corrected chi connectivity index (χ1v) is 10.3. The lowest BCUT2D eigenvalue weighted by molar-refractivity contribution is -0.150. The summed E-state index contributed by atoms with van der Waals surface area (Å²) in [6.07, 6.45) is 0.385.